The Hall–Kier alpha value is -2.91. The third-order valence-corrected chi connectivity index (χ3v) is 6.47. The Balaban J connectivity index is 1.34. The van der Waals surface area contributed by atoms with Gasteiger partial charge in [-0.15, -0.1) is 0 Å². The number of benzene rings is 2. The van der Waals surface area contributed by atoms with Gasteiger partial charge in [-0.05, 0) is 35.2 Å². The second kappa shape index (κ2) is 9.30. The molecule has 1 aliphatic heterocycles. The smallest absolute Gasteiger partial charge is 0.186 e. The monoisotopic (exact) mass is 448 g/mol. The molecule has 1 saturated heterocycles. The molecule has 4 aromatic rings. The van der Waals surface area contributed by atoms with Gasteiger partial charge < -0.3 is 9.29 Å². The van der Waals surface area contributed by atoms with Crippen molar-refractivity contribution in [2.24, 2.45) is 0 Å². The predicted molar refractivity (Wildman–Crippen MR) is 124 cm³/mol. The fourth-order valence-corrected chi connectivity index (χ4v) is 4.40. The molecule has 3 heterocycles. The van der Waals surface area contributed by atoms with Crippen molar-refractivity contribution in [1.82, 2.24) is 19.5 Å². The van der Waals surface area contributed by atoms with Gasteiger partial charge >= 0.3 is 0 Å². The van der Waals surface area contributed by atoms with Crippen LogP contribution in [-0.4, -0.2) is 61.1 Å². The van der Waals surface area contributed by atoms with Crippen molar-refractivity contribution in [3.63, 3.8) is 0 Å². The zero-order valence-electron chi connectivity index (χ0n) is 17.6. The van der Waals surface area contributed by atoms with Gasteiger partial charge in [0.1, 0.15) is 0 Å². The average Bonchev–Trinajstić information content (AvgIpc) is 3.27. The van der Waals surface area contributed by atoms with Crippen molar-refractivity contribution < 1.29 is 13.5 Å². The van der Waals surface area contributed by atoms with E-state index in [1.165, 1.54) is 5.56 Å². The highest BCUT2D eigenvalue weighted by molar-refractivity contribution is 7.79. The SMILES string of the molecule is O=S(O)c1cccc(-c2cnn3cc(-c4ccc(CCN5CCOCC5)cc4)cnc23)c1. The zero-order chi connectivity index (χ0) is 21.9. The van der Waals surface area contributed by atoms with Crippen molar-refractivity contribution >= 4 is 16.7 Å². The van der Waals surface area contributed by atoms with E-state index >= 15 is 0 Å². The fourth-order valence-electron chi connectivity index (χ4n) is 3.98. The van der Waals surface area contributed by atoms with Crippen LogP contribution in [0.15, 0.2) is 72.0 Å². The Morgan fingerprint density at radius 2 is 1.81 bits per heavy atom. The molecule has 32 heavy (non-hydrogen) atoms. The topological polar surface area (TPSA) is 80.0 Å². The van der Waals surface area contributed by atoms with Crippen LogP contribution < -0.4 is 0 Å². The van der Waals surface area contributed by atoms with Gasteiger partial charge in [0.05, 0.1) is 24.3 Å². The standard InChI is InChI=1S/C24H24N4O3S/c29-32(30)22-3-1-2-20(14-22)23-16-26-28-17-21(15-25-24(23)28)19-6-4-18(5-7-19)8-9-27-10-12-31-13-11-27/h1-7,14-17H,8-13H2,(H,29,30). The van der Waals surface area contributed by atoms with Gasteiger partial charge in [-0.3, -0.25) is 4.90 Å². The Morgan fingerprint density at radius 1 is 1.00 bits per heavy atom. The van der Waals surface area contributed by atoms with Crippen LogP contribution in [0.5, 0.6) is 0 Å². The summed E-state index contributed by atoms with van der Waals surface area (Å²) in [5, 5.41) is 4.45. The van der Waals surface area contributed by atoms with Crippen LogP contribution in [0.25, 0.3) is 27.9 Å². The Kier molecular flexibility index (Phi) is 6.09. The minimum Gasteiger partial charge on any atom is -0.379 e. The number of nitrogens with zero attached hydrogens (tertiary/aromatic N) is 4. The van der Waals surface area contributed by atoms with Gasteiger partial charge in [0, 0.05) is 43.2 Å². The summed E-state index contributed by atoms with van der Waals surface area (Å²) in [6.07, 6.45) is 6.57. The molecule has 0 spiro atoms. The number of hydrogen-bond donors (Lipinski definition) is 1. The molecule has 0 saturated carbocycles. The molecule has 7 nitrogen and oxygen atoms in total. The molecule has 2 aromatic carbocycles. The largest absolute Gasteiger partial charge is 0.379 e. The molecule has 1 fully saturated rings. The summed E-state index contributed by atoms with van der Waals surface area (Å²) in [6, 6.07) is 15.6. The van der Waals surface area contributed by atoms with Crippen molar-refractivity contribution in [2.45, 2.75) is 11.3 Å². The first-order valence-corrected chi connectivity index (χ1v) is 11.7. The van der Waals surface area contributed by atoms with Gasteiger partial charge in [-0.1, -0.05) is 36.4 Å². The highest BCUT2D eigenvalue weighted by Gasteiger charge is 2.12. The predicted octanol–water partition coefficient (Wildman–Crippen LogP) is 3.52. The molecule has 5 rings (SSSR count). The molecule has 0 radical (unpaired) electrons. The highest BCUT2D eigenvalue weighted by atomic mass is 32.2. The minimum absolute atomic E-state index is 0.354. The Labute approximate surface area is 189 Å². The molecule has 0 amide bonds. The maximum atomic E-state index is 11.4. The molecule has 164 valence electrons. The maximum absolute atomic E-state index is 11.4. The van der Waals surface area contributed by atoms with Gasteiger partial charge in [-0.25, -0.2) is 13.7 Å². The summed E-state index contributed by atoms with van der Waals surface area (Å²) in [5.41, 5.74) is 5.72. The molecular formula is C24H24N4O3S. The van der Waals surface area contributed by atoms with Crippen LogP contribution in [-0.2, 0) is 22.2 Å². The zero-order valence-corrected chi connectivity index (χ0v) is 18.4. The van der Waals surface area contributed by atoms with E-state index in [2.05, 4.69) is 39.2 Å². The third kappa shape index (κ3) is 4.49. The van der Waals surface area contributed by atoms with Crippen LogP contribution in [0.4, 0.5) is 0 Å². The van der Waals surface area contributed by atoms with E-state index in [4.69, 9.17) is 4.74 Å². The van der Waals surface area contributed by atoms with Crippen molar-refractivity contribution in [2.75, 3.05) is 32.8 Å². The molecule has 1 N–H and O–H groups in total. The summed E-state index contributed by atoms with van der Waals surface area (Å²) in [7, 11) is 0. The molecule has 2 aromatic heterocycles. The summed E-state index contributed by atoms with van der Waals surface area (Å²) in [5.74, 6) is 0. The molecule has 1 atom stereocenters. The maximum Gasteiger partial charge on any atom is 0.186 e. The second-order valence-corrected chi connectivity index (χ2v) is 8.82. The van der Waals surface area contributed by atoms with Crippen LogP contribution >= 0.6 is 0 Å². The van der Waals surface area contributed by atoms with E-state index < -0.39 is 11.1 Å². The number of ether oxygens (including phenoxy) is 1. The summed E-state index contributed by atoms with van der Waals surface area (Å²) < 4.78 is 27.9. The third-order valence-electron chi connectivity index (χ3n) is 5.81. The molecule has 1 aliphatic rings. The normalized spacial score (nSPS) is 15.8. The molecule has 8 heteroatoms. The lowest BCUT2D eigenvalue weighted by atomic mass is 10.0. The van der Waals surface area contributed by atoms with Crippen LogP contribution in [0.1, 0.15) is 5.56 Å². The lowest BCUT2D eigenvalue weighted by Gasteiger charge is -2.26. The number of fused-ring (bicyclic) bond motifs is 1. The Bertz CT molecular complexity index is 1250. The van der Waals surface area contributed by atoms with E-state index in [9.17, 15) is 8.76 Å². The summed E-state index contributed by atoms with van der Waals surface area (Å²) in [6.45, 7) is 4.73. The molecule has 0 aliphatic carbocycles. The van der Waals surface area contributed by atoms with Gasteiger partial charge in [0.15, 0.2) is 16.7 Å². The lowest BCUT2D eigenvalue weighted by molar-refractivity contribution is 0.0384. The van der Waals surface area contributed by atoms with Gasteiger partial charge in [0.2, 0.25) is 0 Å². The number of hydrogen-bond acceptors (Lipinski definition) is 5. The molecule has 0 bridgehead atoms. The molecular weight excluding hydrogens is 424 g/mol. The van der Waals surface area contributed by atoms with Crippen LogP contribution in [0.3, 0.4) is 0 Å². The lowest BCUT2D eigenvalue weighted by Crippen LogP contribution is -2.37. The highest BCUT2D eigenvalue weighted by Crippen LogP contribution is 2.27. The second-order valence-electron chi connectivity index (χ2n) is 7.85. The van der Waals surface area contributed by atoms with E-state index in [1.54, 1.807) is 28.9 Å². The van der Waals surface area contributed by atoms with E-state index in [0.717, 1.165) is 61.5 Å². The fraction of sp³-hybridized carbons (Fsp3) is 0.250. The average molecular weight is 449 g/mol. The Morgan fingerprint density at radius 3 is 2.59 bits per heavy atom. The van der Waals surface area contributed by atoms with Crippen molar-refractivity contribution in [1.29, 1.82) is 0 Å². The number of aromatic nitrogens is 3. The minimum atomic E-state index is -2.02. The van der Waals surface area contributed by atoms with Gasteiger partial charge in [-0.2, -0.15) is 5.10 Å². The first kappa shape index (κ1) is 21.0. The van der Waals surface area contributed by atoms with Crippen molar-refractivity contribution in [3.05, 3.63) is 72.7 Å². The van der Waals surface area contributed by atoms with E-state index in [1.807, 2.05) is 18.5 Å². The first-order valence-electron chi connectivity index (χ1n) is 10.6. The number of rotatable bonds is 6. The molecule has 1 unspecified atom stereocenters. The van der Waals surface area contributed by atoms with Crippen molar-refractivity contribution in [3.8, 4) is 22.3 Å². The van der Waals surface area contributed by atoms with E-state index in [0.29, 0.717) is 10.5 Å². The van der Waals surface area contributed by atoms with Gasteiger partial charge in [0.25, 0.3) is 0 Å². The summed E-state index contributed by atoms with van der Waals surface area (Å²) in [4.78, 5) is 7.43. The van der Waals surface area contributed by atoms with Crippen LogP contribution in [0.2, 0.25) is 0 Å². The first-order chi connectivity index (χ1) is 15.7. The number of morpholine rings is 1. The quantitative estimate of drug-likeness (QED) is 0.455. The van der Waals surface area contributed by atoms with Crippen LogP contribution in [0, 0.1) is 0 Å². The summed E-state index contributed by atoms with van der Waals surface area (Å²) >= 11 is -2.02. The van der Waals surface area contributed by atoms with E-state index in [-0.39, 0.29) is 0 Å².